The van der Waals surface area contributed by atoms with Gasteiger partial charge in [0, 0.05) is 26.5 Å². The van der Waals surface area contributed by atoms with Crippen LogP contribution in [0.4, 0.5) is 10.5 Å². The van der Waals surface area contributed by atoms with E-state index in [9.17, 15) is 4.79 Å². The first kappa shape index (κ1) is 15.4. The molecule has 0 fully saturated rings. The summed E-state index contributed by atoms with van der Waals surface area (Å²) in [5, 5.41) is 8.09. The van der Waals surface area contributed by atoms with Crippen LogP contribution in [-0.4, -0.2) is 12.6 Å². The number of benzene rings is 1. The molecule has 0 aliphatic carbocycles. The van der Waals surface area contributed by atoms with Crippen molar-refractivity contribution in [2.45, 2.75) is 6.54 Å². The van der Waals surface area contributed by atoms with E-state index in [-0.39, 0.29) is 6.03 Å². The van der Waals surface area contributed by atoms with E-state index in [1.54, 1.807) is 35.6 Å². The molecule has 21 heavy (non-hydrogen) atoms. The fraction of sp³-hybridized carbons (Fsp3) is 0.133. The Balaban J connectivity index is 1.83. The second kappa shape index (κ2) is 7.70. The number of amides is 2. The lowest BCUT2D eigenvalue weighted by Crippen LogP contribution is -2.27. The Morgan fingerprint density at radius 2 is 2.10 bits per heavy atom. The number of thiophene rings is 1. The molecule has 0 bridgehead atoms. The first-order valence-electron chi connectivity index (χ1n) is 6.24. The van der Waals surface area contributed by atoms with Crippen molar-refractivity contribution >= 4 is 34.7 Å². The van der Waals surface area contributed by atoms with Gasteiger partial charge in [-0.15, -0.1) is 11.3 Å². The SMILES string of the molecule is NCC#Cc1csc(CNC(=O)Nc2ccc(Cl)cc2)c1. The molecule has 2 aromatic rings. The minimum atomic E-state index is -0.264. The van der Waals surface area contributed by atoms with Crippen LogP contribution in [0, 0.1) is 11.8 Å². The Hall–Kier alpha value is -2.00. The third kappa shape index (κ3) is 5.12. The van der Waals surface area contributed by atoms with E-state index < -0.39 is 0 Å². The average Bonchev–Trinajstić information content (AvgIpc) is 2.93. The summed E-state index contributed by atoms with van der Waals surface area (Å²) in [5.74, 6) is 5.75. The zero-order valence-corrected chi connectivity index (χ0v) is 12.7. The summed E-state index contributed by atoms with van der Waals surface area (Å²) in [7, 11) is 0. The maximum atomic E-state index is 11.8. The molecule has 108 valence electrons. The van der Waals surface area contributed by atoms with E-state index in [0.29, 0.717) is 23.8 Å². The maximum Gasteiger partial charge on any atom is 0.319 e. The van der Waals surface area contributed by atoms with Gasteiger partial charge in [-0.2, -0.15) is 0 Å². The number of rotatable bonds is 3. The first-order valence-corrected chi connectivity index (χ1v) is 7.50. The molecule has 0 atom stereocenters. The van der Waals surface area contributed by atoms with E-state index in [2.05, 4.69) is 22.5 Å². The van der Waals surface area contributed by atoms with E-state index in [1.807, 2.05) is 11.4 Å². The van der Waals surface area contributed by atoms with Crippen molar-refractivity contribution in [3.05, 3.63) is 51.2 Å². The molecule has 6 heteroatoms. The molecule has 4 N–H and O–H groups in total. The van der Waals surface area contributed by atoms with Crippen LogP contribution in [0.3, 0.4) is 0 Å². The van der Waals surface area contributed by atoms with Crippen LogP contribution in [0.15, 0.2) is 35.7 Å². The second-order valence-corrected chi connectivity index (χ2v) is 5.55. The van der Waals surface area contributed by atoms with Crippen LogP contribution < -0.4 is 16.4 Å². The van der Waals surface area contributed by atoms with Crippen molar-refractivity contribution in [1.29, 1.82) is 0 Å². The summed E-state index contributed by atoms with van der Waals surface area (Å²) in [6, 6.07) is 8.61. The summed E-state index contributed by atoms with van der Waals surface area (Å²) >= 11 is 7.33. The fourth-order valence-corrected chi connectivity index (χ4v) is 2.45. The fourth-order valence-electron chi connectivity index (χ4n) is 1.57. The van der Waals surface area contributed by atoms with Gasteiger partial charge in [0.15, 0.2) is 0 Å². The van der Waals surface area contributed by atoms with Gasteiger partial charge in [-0.3, -0.25) is 0 Å². The number of carbonyl (C=O) groups excluding carboxylic acids is 1. The molecule has 1 aromatic carbocycles. The highest BCUT2D eigenvalue weighted by Gasteiger charge is 2.03. The molecular formula is C15H14ClN3OS. The van der Waals surface area contributed by atoms with Gasteiger partial charge in [0.2, 0.25) is 0 Å². The highest BCUT2D eigenvalue weighted by Crippen LogP contribution is 2.15. The number of hydrogen-bond acceptors (Lipinski definition) is 3. The van der Waals surface area contributed by atoms with Crippen LogP contribution in [0.25, 0.3) is 0 Å². The van der Waals surface area contributed by atoms with E-state index in [4.69, 9.17) is 17.3 Å². The standard InChI is InChI=1S/C15H14ClN3OS/c16-12-3-5-13(6-4-12)19-15(20)18-9-14-8-11(10-21-14)2-1-7-17/h3-6,8,10H,7,9,17H2,(H2,18,19,20). The predicted molar refractivity (Wildman–Crippen MR) is 87.6 cm³/mol. The van der Waals surface area contributed by atoms with Gasteiger partial charge >= 0.3 is 6.03 Å². The lowest BCUT2D eigenvalue weighted by molar-refractivity contribution is 0.252. The smallest absolute Gasteiger partial charge is 0.319 e. The average molecular weight is 320 g/mol. The summed E-state index contributed by atoms with van der Waals surface area (Å²) in [5.41, 5.74) is 6.93. The van der Waals surface area contributed by atoms with Crippen molar-refractivity contribution in [3.8, 4) is 11.8 Å². The van der Waals surface area contributed by atoms with Crippen LogP contribution in [-0.2, 0) is 6.54 Å². The molecule has 0 radical (unpaired) electrons. The third-order valence-corrected chi connectivity index (χ3v) is 3.70. The molecule has 2 amide bonds. The number of carbonyl (C=O) groups is 1. The van der Waals surface area contributed by atoms with Crippen LogP contribution in [0.5, 0.6) is 0 Å². The van der Waals surface area contributed by atoms with E-state index >= 15 is 0 Å². The molecular weight excluding hydrogens is 306 g/mol. The van der Waals surface area contributed by atoms with Crippen LogP contribution in [0.2, 0.25) is 5.02 Å². The molecule has 1 aromatic heterocycles. The number of urea groups is 1. The molecule has 2 rings (SSSR count). The van der Waals surface area contributed by atoms with Crippen molar-refractivity contribution in [1.82, 2.24) is 5.32 Å². The van der Waals surface area contributed by atoms with Crippen molar-refractivity contribution < 1.29 is 4.79 Å². The number of nitrogens with two attached hydrogens (primary N) is 1. The molecule has 1 heterocycles. The van der Waals surface area contributed by atoms with Crippen molar-refractivity contribution in [2.24, 2.45) is 5.73 Å². The quantitative estimate of drug-likeness (QED) is 0.761. The number of hydrogen-bond donors (Lipinski definition) is 3. The van der Waals surface area contributed by atoms with E-state index in [0.717, 1.165) is 10.4 Å². The molecule has 4 nitrogen and oxygen atoms in total. The predicted octanol–water partition coefficient (Wildman–Crippen LogP) is 3.03. The Morgan fingerprint density at radius 3 is 2.81 bits per heavy atom. The van der Waals surface area contributed by atoms with Crippen LogP contribution in [0.1, 0.15) is 10.4 Å². The summed E-state index contributed by atoms with van der Waals surface area (Å²) < 4.78 is 0. The Morgan fingerprint density at radius 1 is 1.33 bits per heavy atom. The number of halogens is 1. The van der Waals surface area contributed by atoms with Crippen molar-refractivity contribution in [3.63, 3.8) is 0 Å². The Labute approximate surface area is 132 Å². The van der Waals surface area contributed by atoms with E-state index in [1.165, 1.54) is 0 Å². The monoisotopic (exact) mass is 319 g/mol. The third-order valence-electron chi connectivity index (χ3n) is 2.51. The second-order valence-electron chi connectivity index (χ2n) is 4.12. The largest absolute Gasteiger partial charge is 0.333 e. The van der Waals surface area contributed by atoms with Crippen molar-refractivity contribution in [2.75, 3.05) is 11.9 Å². The Bertz CT molecular complexity index is 670. The maximum absolute atomic E-state index is 11.8. The topological polar surface area (TPSA) is 67.1 Å². The Kier molecular flexibility index (Phi) is 5.64. The van der Waals surface area contributed by atoms with Gasteiger partial charge in [0.25, 0.3) is 0 Å². The minimum Gasteiger partial charge on any atom is -0.333 e. The van der Waals surface area contributed by atoms with Gasteiger partial charge < -0.3 is 16.4 Å². The molecule has 0 spiro atoms. The van der Waals surface area contributed by atoms with Gasteiger partial charge in [0.1, 0.15) is 0 Å². The summed E-state index contributed by atoms with van der Waals surface area (Å²) in [6.07, 6.45) is 0. The lowest BCUT2D eigenvalue weighted by Gasteiger charge is -2.06. The highest BCUT2D eigenvalue weighted by molar-refractivity contribution is 7.10. The molecule has 0 unspecified atom stereocenters. The van der Waals surface area contributed by atoms with Gasteiger partial charge in [-0.05, 0) is 30.3 Å². The minimum absolute atomic E-state index is 0.264. The molecule has 0 saturated carbocycles. The normalized spacial score (nSPS) is 9.62. The molecule has 0 saturated heterocycles. The highest BCUT2D eigenvalue weighted by atomic mass is 35.5. The number of nitrogens with one attached hydrogen (secondary N) is 2. The number of anilines is 1. The zero-order chi connectivity index (χ0) is 15.1. The summed E-state index contributed by atoms with van der Waals surface area (Å²) in [6.45, 7) is 0.793. The van der Waals surface area contributed by atoms with Gasteiger partial charge in [0.05, 0.1) is 13.1 Å². The van der Waals surface area contributed by atoms with Gasteiger partial charge in [-0.1, -0.05) is 23.4 Å². The van der Waals surface area contributed by atoms with Gasteiger partial charge in [-0.25, -0.2) is 4.79 Å². The lowest BCUT2D eigenvalue weighted by atomic mass is 10.3. The molecule has 0 aliphatic rings. The summed E-state index contributed by atoms with van der Waals surface area (Å²) in [4.78, 5) is 12.8. The van der Waals surface area contributed by atoms with Crippen LogP contribution >= 0.6 is 22.9 Å². The zero-order valence-electron chi connectivity index (χ0n) is 11.2. The molecule has 0 aliphatic heterocycles. The first-order chi connectivity index (χ1) is 10.2.